The molecule has 0 fully saturated rings. The average molecular weight is 294 g/mol. The van der Waals surface area contributed by atoms with Gasteiger partial charge in [-0.3, -0.25) is 10.1 Å². The molecule has 0 aliphatic heterocycles. The van der Waals surface area contributed by atoms with E-state index in [9.17, 15) is 10.1 Å². The van der Waals surface area contributed by atoms with Crippen LogP contribution in [0.2, 0.25) is 0 Å². The molecule has 0 aliphatic carbocycles. The zero-order valence-corrected chi connectivity index (χ0v) is 11.9. The van der Waals surface area contributed by atoms with Crippen molar-refractivity contribution >= 4 is 28.8 Å². The third-order valence-electron chi connectivity index (χ3n) is 2.62. The van der Waals surface area contributed by atoms with E-state index in [-0.39, 0.29) is 11.5 Å². The number of aryl methyl sites for hydroxylation is 1. The molecule has 0 bridgehead atoms. The minimum atomic E-state index is -0.472. The fraction of sp³-hybridized carbons (Fsp3) is 0.364. The van der Waals surface area contributed by atoms with Gasteiger partial charge in [-0.05, 0) is 6.92 Å². The van der Waals surface area contributed by atoms with E-state index in [4.69, 9.17) is 0 Å². The maximum atomic E-state index is 11.1. The summed E-state index contributed by atoms with van der Waals surface area (Å²) in [7, 11) is 1.67. The number of anilines is 2. The van der Waals surface area contributed by atoms with Gasteiger partial charge < -0.3 is 10.6 Å². The van der Waals surface area contributed by atoms with Crippen LogP contribution in [0.3, 0.4) is 0 Å². The quantitative estimate of drug-likeness (QED) is 0.618. The highest BCUT2D eigenvalue weighted by Crippen LogP contribution is 2.26. The lowest BCUT2D eigenvalue weighted by Crippen LogP contribution is -2.12. The predicted octanol–water partition coefficient (Wildman–Crippen LogP) is 1.85. The van der Waals surface area contributed by atoms with Crippen molar-refractivity contribution in [3.63, 3.8) is 0 Å². The first-order valence-corrected chi connectivity index (χ1v) is 6.87. The number of thiazole rings is 1. The van der Waals surface area contributed by atoms with Gasteiger partial charge in [0, 0.05) is 25.4 Å². The summed E-state index contributed by atoms with van der Waals surface area (Å²) < 4.78 is 0. The topological polar surface area (TPSA) is 106 Å². The number of nitrogens with one attached hydrogen (secondary N) is 2. The number of hydrogen-bond donors (Lipinski definition) is 2. The first-order valence-electron chi connectivity index (χ1n) is 5.93. The van der Waals surface area contributed by atoms with Crippen molar-refractivity contribution in [2.24, 2.45) is 0 Å². The van der Waals surface area contributed by atoms with Crippen molar-refractivity contribution in [1.29, 1.82) is 0 Å². The van der Waals surface area contributed by atoms with Crippen LogP contribution in [0.25, 0.3) is 0 Å². The number of aromatic nitrogens is 3. The Kier molecular flexibility index (Phi) is 4.41. The van der Waals surface area contributed by atoms with Crippen LogP contribution in [0.1, 0.15) is 11.4 Å². The van der Waals surface area contributed by atoms with Crippen LogP contribution in [-0.4, -0.2) is 33.5 Å². The van der Waals surface area contributed by atoms with Gasteiger partial charge in [-0.15, -0.1) is 11.3 Å². The first kappa shape index (κ1) is 14.1. The van der Waals surface area contributed by atoms with Crippen molar-refractivity contribution in [3.8, 4) is 0 Å². The van der Waals surface area contributed by atoms with Crippen molar-refractivity contribution in [1.82, 2.24) is 15.0 Å². The van der Waals surface area contributed by atoms with Crippen molar-refractivity contribution in [3.05, 3.63) is 32.4 Å². The molecule has 0 atom stereocenters. The molecule has 2 aromatic rings. The van der Waals surface area contributed by atoms with Gasteiger partial charge in [-0.2, -0.15) is 4.98 Å². The van der Waals surface area contributed by atoms with Crippen LogP contribution in [0, 0.1) is 17.0 Å². The van der Waals surface area contributed by atoms with Gasteiger partial charge in [0.2, 0.25) is 11.8 Å². The van der Waals surface area contributed by atoms with Crippen LogP contribution < -0.4 is 10.6 Å². The van der Waals surface area contributed by atoms with E-state index < -0.39 is 4.92 Å². The second-order valence-electron chi connectivity index (χ2n) is 3.99. The summed E-state index contributed by atoms with van der Waals surface area (Å²) in [5, 5.41) is 18.8. The number of rotatable bonds is 6. The molecule has 0 amide bonds. The zero-order valence-electron chi connectivity index (χ0n) is 11.1. The van der Waals surface area contributed by atoms with Gasteiger partial charge in [0.1, 0.15) is 5.69 Å². The van der Waals surface area contributed by atoms with E-state index in [1.54, 1.807) is 19.5 Å². The van der Waals surface area contributed by atoms with Gasteiger partial charge in [0.15, 0.2) is 0 Å². The van der Waals surface area contributed by atoms with Crippen molar-refractivity contribution in [2.45, 2.75) is 13.3 Å². The van der Waals surface area contributed by atoms with E-state index >= 15 is 0 Å². The second-order valence-corrected chi connectivity index (χ2v) is 4.71. The molecule has 0 aliphatic rings. The highest BCUT2D eigenvalue weighted by atomic mass is 32.1. The molecule has 8 nitrogen and oxygen atoms in total. The minimum absolute atomic E-state index is 0.0951. The summed E-state index contributed by atoms with van der Waals surface area (Å²) >= 11 is 1.52. The Morgan fingerprint density at radius 3 is 2.85 bits per heavy atom. The normalized spacial score (nSPS) is 10.3. The number of nitro groups is 1. The summed E-state index contributed by atoms with van der Waals surface area (Å²) in [6.45, 7) is 2.11. The molecule has 2 aromatic heterocycles. The number of nitrogens with zero attached hydrogens (tertiary/aromatic N) is 4. The summed E-state index contributed by atoms with van der Waals surface area (Å²) in [5.74, 6) is 0.575. The van der Waals surface area contributed by atoms with Gasteiger partial charge in [0.25, 0.3) is 0 Å². The smallest absolute Gasteiger partial charge is 0.332 e. The van der Waals surface area contributed by atoms with Crippen LogP contribution >= 0.6 is 11.3 Å². The molecular weight excluding hydrogens is 280 g/mol. The van der Waals surface area contributed by atoms with Crippen molar-refractivity contribution < 1.29 is 4.92 Å². The van der Waals surface area contributed by atoms with Crippen LogP contribution in [0.15, 0.2) is 10.9 Å². The van der Waals surface area contributed by atoms with E-state index in [0.717, 1.165) is 5.69 Å². The molecule has 0 radical (unpaired) electrons. The van der Waals surface area contributed by atoms with Gasteiger partial charge in [-0.25, -0.2) is 9.97 Å². The van der Waals surface area contributed by atoms with Crippen LogP contribution in [-0.2, 0) is 6.42 Å². The van der Waals surface area contributed by atoms with E-state index in [0.29, 0.717) is 24.6 Å². The molecule has 106 valence electrons. The molecule has 0 aromatic carbocycles. The zero-order chi connectivity index (χ0) is 14.5. The Morgan fingerprint density at radius 1 is 1.45 bits per heavy atom. The summed E-state index contributed by atoms with van der Waals surface area (Å²) in [6.07, 6.45) is 0.679. The molecule has 2 heterocycles. The van der Waals surface area contributed by atoms with Gasteiger partial charge in [0.05, 0.1) is 16.1 Å². The highest BCUT2D eigenvalue weighted by molar-refractivity contribution is 7.07. The third-order valence-corrected chi connectivity index (χ3v) is 3.26. The summed E-state index contributed by atoms with van der Waals surface area (Å²) in [4.78, 5) is 22.9. The van der Waals surface area contributed by atoms with E-state index in [1.165, 1.54) is 11.3 Å². The lowest BCUT2D eigenvalue weighted by atomic mass is 10.3. The molecule has 0 spiro atoms. The standard InChI is InChI=1S/C11H14N6O2S/c1-7-9(17(18)19)10(16-11(12-2)15-7)13-4-3-8-5-20-6-14-8/h5-6H,3-4H2,1-2H3,(H2,12,13,15,16). The first-order chi connectivity index (χ1) is 9.61. The Balaban J connectivity index is 2.16. The minimum Gasteiger partial charge on any atom is -0.364 e. The van der Waals surface area contributed by atoms with Gasteiger partial charge >= 0.3 is 5.69 Å². The molecule has 2 rings (SSSR count). The molecule has 9 heteroatoms. The molecule has 2 N–H and O–H groups in total. The summed E-state index contributed by atoms with van der Waals surface area (Å²) in [5.41, 5.74) is 2.93. The maximum absolute atomic E-state index is 11.1. The summed E-state index contributed by atoms with van der Waals surface area (Å²) in [6, 6.07) is 0. The van der Waals surface area contributed by atoms with Crippen LogP contribution in [0.5, 0.6) is 0 Å². The molecule has 0 unspecified atom stereocenters. The Hall–Kier alpha value is -2.29. The predicted molar refractivity (Wildman–Crippen MR) is 77.3 cm³/mol. The molecular formula is C11H14N6O2S. The maximum Gasteiger partial charge on any atom is 0.332 e. The molecule has 0 saturated carbocycles. The second kappa shape index (κ2) is 6.24. The Morgan fingerprint density at radius 2 is 2.25 bits per heavy atom. The van der Waals surface area contributed by atoms with Crippen molar-refractivity contribution in [2.75, 3.05) is 24.2 Å². The largest absolute Gasteiger partial charge is 0.364 e. The lowest BCUT2D eigenvalue weighted by molar-refractivity contribution is -0.385. The monoisotopic (exact) mass is 294 g/mol. The number of hydrogen-bond acceptors (Lipinski definition) is 8. The van der Waals surface area contributed by atoms with E-state index in [2.05, 4.69) is 25.6 Å². The fourth-order valence-electron chi connectivity index (χ4n) is 1.69. The third kappa shape index (κ3) is 3.18. The lowest BCUT2D eigenvalue weighted by Gasteiger charge is -2.08. The van der Waals surface area contributed by atoms with Gasteiger partial charge in [-0.1, -0.05) is 0 Å². The SMILES string of the molecule is CNc1nc(C)c([N+](=O)[O-])c(NCCc2cscn2)n1. The van der Waals surface area contributed by atoms with Crippen LogP contribution in [0.4, 0.5) is 17.5 Å². The highest BCUT2D eigenvalue weighted by Gasteiger charge is 2.21. The Bertz CT molecular complexity index is 601. The molecule has 0 saturated heterocycles. The average Bonchev–Trinajstić information content (AvgIpc) is 2.90. The molecule has 20 heavy (non-hydrogen) atoms. The fourth-order valence-corrected chi connectivity index (χ4v) is 2.28. The Labute approximate surface area is 119 Å². The van der Waals surface area contributed by atoms with E-state index in [1.807, 2.05) is 5.38 Å².